The minimum absolute atomic E-state index is 0.0189. The molecule has 1 heterocycles. The third-order valence-corrected chi connectivity index (χ3v) is 3.46. The number of benzene rings is 1. The molecule has 0 aliphatic carbocycles. The van der Waals surface area contributed by atoms with Crippen LogP contribution in [-0.2, 0) is 6.54 Å². The summed E-state index contributed by atoms with van der Waals surface area (Å²) in [5.74, 6) is -0.0189. The molecule has 5 heteroatoms. The lowest BCUT2D eigenvalue weighted by Crippen LogP contribution is -2.03. The minimum atomic E-state index is -0.0189. The van der Waals surface area contributed by atoms with Gasteiger partial charge in [-0.25, -0.2) is 4.98 Å². The highest BCUT2D eigenvalue weighted by atomic mass is 32.1. The number of nitrogens with zero attached hydrogens (tertiary/aromatic N) is 1. The first kappa shape index (κ1) is 12.6. The van der Waals surface area contributed by atoms with Crippen molar-refractivity contribution in [1.29, 1.82) is 0 Å². The van der Waals surface area contributed by atoms with Crippen molar-refractivity contribution in [2.24, 2.45) is 0 Å². The lowest BCUT2D eigenvalue weighted by molar-refractivity contribution is 0.101. The number of hydrogen-bond acceptors (Lipinski definition) is 5. The molecule has 1 aromatic carbocycles. The number of nitrogens with two attached hydrogens (primary N) is 1. The monoisotopic (exact) mass is 261 g/mol. The highest BCUT2D eigenvalue weighted by Crippen LogP contribution is 2.20. The standard InChI is InChI=1S/C13H15N3OS/c1-8-6-16-13(18-8)7-15-10-3-4-11(9(2)17)12(14)5-10/h3-6,15H,7,14H2,1-2H3. The number of aryl methyl sites for hydroxylation is 1. The molecule has 0 spiro atoms. The molecule has 0 fully saturated rings. The maximum atomic E-state index is 11.3. The number of Topliss-reactive ketones (excluding diaryl/α,β-unsaturated/α-hetero) is 1. The number of ketones is 1. The van der Waals surface area contributed by atoms with E-state index < -0.39 is 0 Å². The zero-order chi connectivity index (χ0) is 13.1. The van der Waals surface area contributed by atoms with E-state index in [1.165, 1.54) is 11.8 Å². The van der Waals surface area contributed by atoms with Gasteiger partial charge in [0.2, 0.25) is 0 Å². The van der Waals surface area contributed by atoms with E-state index in [0.717, 1.165) is 10.7 Å². The smallest absolute Gasteiger partial charge is 0.161 e. The molecule has 2 rings (SSSR count). The minimum Gasteiger partial charge on any atom is -0.398 e. The molecule has 0 aliphatic heterocycles. The fourth-order valence-corrected chi connectivity index (χ4v) is 2.38. The second kappa shape index (κ2) is 5.18. The summed E-state index contributed by atoms with van der Waals surface area (Å²) in [4.78, 5) is 16.7. The molecule has 1 aromatic heterocycles. The Balaban J connectivity index is 2.06. The molecule has 0 bridgehead atoms. The van der Waals surface area contributed by atoms with E-state index in [0.29, 0.717) is 17.8 Å². The fraction of sp³-hybridized carbons (Fsp3) is 0.231. The number of rotatable bonds is 4. The Bertz CT molecular complexity index is 577. The summed E-state index contributed by atoms with van der Waals surface area (Å²) < 4.78 is 0. The summed E-state index contributed by atoms with van der Waals surface area (Å²) in [6, 6.07) is 5.37. The first-order valence-electron chi connectivity index (χ1n) is 5.62. The first-order valence-corrected chi connectivity index (χ1v) is 6.43. The van der Waals surface area contributed by atoms with E-state index in [4.69, 9.17) is 5.73 Å². The number of nitrogen functional groups attached to an aromatic ring is 1. The Kier molecular flexibility index (Phi) is 3.62. The van der Waals surface area contributed by atoms with Gasteiger partial charge in [-0.15, -0.1) is 11.3 Å². The van der Waals surface area contributed by atoms with Crippen LogP contribution in [0.1, 0.15) is 27.2 Å². The molecular weight excluding hydrogens is 246 g/mol. The van der Waals surface area contributed by atoms with E-state index in [1.807, 2.05) is 19.2 Å². The summed E-state index contributed by atoms with van der Waals surface area (Å²) in [5, 5.41) is 4.27. The van der Waals surface area contributed by atoms with Crippen molar-refractivity contribution in [3.63, 3.8) is 0 Å². The molecule has 0 unspecified atom stereocenters. The van der Waals surface area contributed by atoms with Gasteiger partial charge in [-0.3, -0.25) is 4.79 Å². The molecule has 0 saturated carbocycles. The third-order valence-electron chi connectivity index (χ3n) is 2.54. The van der Waals surface area contributed by atoms with Gasteiger partial charge in [0.25, 0.3) is 0 Å². The number of aromatic nitrogens is 1. The average Bonchev–Trinajstić information content (AvgIpc) is 2.72. The van der Waals surface area contributed by atoms with Crippen molar-refractivity contribution in [3.05, 3.63) is 39.8 Å². The largest absolute Gasteiger partial charge is 0.398 e. The SMILES string of the molecule is CC(=O)c1ccc(NCc2ncc(C)s2)cc1N. The summed E-state index contributed by atoms with van der Waals surface area (Å²) >= 11 is 1.66. The summed E-state index contributed by atoms with van der Waals surface area (Å²) in [5.41, 5.74) is 7.78. The van der Waals surface area contributed by atoms with Gasteiger partial charge in [0.05, 0.1) is 6.54 Å². The topological polar surface area (TPSA) is 68.0 Å². The molecule has 0 radical (unpaired) electrons. The van der Waals surface area contributed by atoms with Crippen LogP contribution in [-0.4, -0.2) is 10.8 Å². The van der Waals surface area contributed by atoms with E-state index in [2.05, 4.69) is 10.3 Å². The molecule has 0 amide bonds. The molecule has 0 atom stereocenters. The maximum absolute atomic E-state index is 11.3. The third kappa shape index (κ3) is 2.87. The van der Waals surface area contributed by atoms with E-state index in [-0.39, 0.29) is 5.78 Å². The van der Waals surface area contributed by atoms with Crippen LogP contribution in [0.3, 0.4) is 0 Å². The highest BCUT2D eigenvalue weighted by Gasteiger charge is 2.05. The lowest BCUT2D eigenvalue weighted by Gasteiger charge is -2.07. The summed E-state index contributed by atoms with van der Waals surface area (Å²) in [6.45, 7) is 4.20. The van der Waals surface area contributed by atoms with Crippen LogP contribution in [0.25, 0.3) is 0 Å². The predicted molar refractivity (Wildman–Crippen MR) is 75.0 cm³/mol. The van der Waals surface area contributed by atoms with Gasteiger partial charge in [0.1, 0.15) is 5.01 Å². The van der Waals surface area contributed by atoms with Crippen LogP contribution in [0.2, 0.25) is 0 Å². The molecule has 3 N–H and O–H groups in total. The Hall–Kier alpha value is -1.88. The quantitative estimate of drug-likeness (QED) is 0.656. The zero-order valence-electron chi connectivity index (χ0n) is 10.4. The van der Waals surface area contributed by atoms with Crippen LogP contribution in [0.5, 0.6) is 0 Å². The molecule has 0 saturated heterocycles. The van der Waals surface area contributed by atoms with Crippen LogP contribution < -0.4 is 11.1 Å². The van der Waals surface area contributed by atoms with Crippen LogP contribution in [0.4, 0.5) is 11.4 Å². The maximum Gasteiger partial charge on any atom is 0.161 e. The average molecular weight is 261 g/mol. The Morgan fingerprint density at radius 1 is 1.50 bits per heavy atom. The number of hydrogen-bond donors (Lipinski definition) is 2. The molecule has 94 valence electrons. The fourth-order valence-electron chi connectivity index (χ4n) is 1.65. The van der Waals surface area contributed by atoms with Gasteiger partial charge in [0, 0.05) is 28.0 Å². The number of nitrogens with one attached hydrogen (secondary N) is 1. The Morgan fingerprint density at radius 3 is 2.83 bits per heavy atom. The van der Waals surface area contributed by atoms with Crippen molar-refractivity contribution >= 4 is 28.5 Å². The number of anilines is 2. The zero-order valence-corrected chi connectivity index (χ0v) is 11.2. The van der Waals surface area contributed by atoms with Crippen molar-refractivity contribution in [2.45, 2.75) is 20.4 Å². The van der Waals surface area contributed by atoms with Crippen molar-refractivity contribution in [3.8, 4) is 0 Å². The highest BCUT2D eigenvalue weighted by molar-refractivity contribution is 7.11. The van der Waals surface area contributed by atoms with E-state index >= 15 is 0 Å². The normalized spacial score (nSPS) is 10.3. The number of carbonyl (C=O) groups is 1. The Labute approximate surface area is 110 Å². The van der Waals surface area contributed by atoms with Gasteiger partial charge in [-0.05, 0) is 32.0 Å². The second-order valence-electron chi connectivity index (χ2n) is 4.08. The van der Waals surface area contributed by atoms with Crippen LogP contribution in [0, 0.1) is 6.92 Å². The van der Waals surface area contributed by atoms with E-state index in [9.17, 15) is 4.79 Å². The summed E-state index contributed by atoms with van der Waals surface area (Å²) in [7, 11) is 0. The second-order valence-corrected chi connectivity index (χ2v) is 5.40. The molecule has 4 nitrogen and oxygen atoms in total. The Morgan fingerprint density at radius 2 is 2.28 bits per heavy atom. The van der Waals surface area contributed by atoms with E-state index in [1.54, 1.807) is 23.5 Å². The van der Waals surface area contributed by atoms with Crippen LogP contribution in [0.15, 0.2) is 24.4 Å². The number of carbonyl (C=O) groups excluding carboxylic acids is 1. The van der Waals surface area contributed by atoms with Crippen molar-refractivity contribution < 1.29 is 4.79 Å². The molecule has 18 heavy (non-hydrogen) atoms. The lowest BCUT2D eigenvalue weighted by atomic mass is 10.1. The van der Waals surface area contributed by atoms with Crippen molar-refractivity contribution in [1.82, 2.24) is 4.98 Å². The van der Waals surface area contributed by atoms with Gasteiger partial charge in [-0.1, -0.05) is 0 Å². The van der Waals surface area contributed by atoms with Gasteiger partial charge < -0.3 is 11.1 Å². The van der Waals surface area contributed by atoms with Crippen LogP contribution >= 0.6 is 11.3 Å². The molecule has 0 aliphatic rings. The predicted octanol–water partition coefficient (Wildman–Crippen LogP) is 2.85. The van der Waals surface area contributed by atoms with Crippen molar-refractivity contribution in [2.75, 3.05) is 11.1 Å². The van der Waals surface area contributed by atoms with Gasteiger partial charge >= 0.3 is 0 Å². The summed E-state index contributed by atoms with van der Waals surface area (Å²) in [6.07, 6.45) is 1.86. The molecule has 2 aromatic rings. The van der Waals surface area contributed by atoms with Gasteiger partial charge in [-0.2, -0.15) is 0 Å². The van der Waals surface area contributed by atoms with Gasteiger partial charge in [0.15, 0.2) is 5.78 Å². The number of thiazole rings is 1. The first-order chi connectivity index (χ1) is 8.56. The molecular formula is C13H15N3OS.